The Morgan fingerprint density at radius 3 is 2.42 bits per heavy atom. The number of furan rings is 1. The van der Waals surface area contributed by atoms with Crippen molar-refractivity contribution in [3.63, 3.8) is 0 Å². The van der Waals surface area contributed by atoms with Crippen LogP contribution in [0.4, 0.5) is 5.69 Å². The third-order valence-electron chi connectivity index (χ3n) is 5.38. The van der Waals surface area contributed by atoms with Gasteiger partial charge < -0.3 is 19.4 Å². The number of nitrogens with zero attached hydrogens (tertiary/aromatic N) is 1. The molecule has 1 fully saturated rings. The van der Waals surface area contributed by atoms with Gasteiger partial charge in [-0.1, -0.05) is 30.3 Å². The molecule has 0 bridgehead atoms. The average Bonchev–Trinajstić information content (AvgIpc) is 3.47. The summed E-state index contributed by atoms with van der Waals surface area (Å²) in [6.07, 6.45) is 1.84. The second-order valence-electron chi connectivity index (χ2n) is 7.81. The lowest BCUT2D eigenvalue weighted by molar-refractivity contribution is -0.136. The number of hydrogen-bond acceptors (Lipinski definition) is 6. The van der Waals surface area contributed by atoms with Gasteiger partial charge in [-0.3, -0.25) is 9.59 Å². The number of carbonyl (C=O) groups excluding carboxylic acids is 2. The largest absolute Gasteiger partial charge is 0.484 e. The second kappa shape index (κ2) is 9.91. The lowest BCUT2D eigenvalue weighted by atomic mass is 10.1. The van der Waals surface area contributed by atoms with Crippen molar-refractivity contribution < 1.29 is 27.2 Å². The topological polar surface area (TPSA) is 106 Å². The molecule has 33 heavy (non-hydrogen) atoms. The first-order valence-corrected chi connectivity index (χ1v) is 12.3. The average molecular weight is 469 g/mol. The van der Waals surface area contributed by atoms with E-state index in [0.717, 1.165) is 5.56 Å². The fourth-order valence-electron chi connectivity index (χ4n) is 3.69. The summed E-state index contributed by atoms with van der Waals surface area (Å²) >= 11 is 0. The van der Waals surface area contributed by atoms with Crippen LogP contribution in [-0.4, -0.2) is 49.3 Å². The van der Waals surface area contributed by atoms with Crippen LogP contribution in [-0.2, 0) is 21.2 Å². The number of rotatable bonds is 8. The molecule has 1 aliphatic heterocycles. The van der Waals surface area contributed by atoms with Crippen molar-refractivity contribution in [1.82, 2.24) is 4.90 Å². The van der Waals surface area contributed by atoms with Gasteiger partial charge in [0.25, 0.3) is 11.8 Å². The molecule has 4 rings (SSSR count). The van der Waals surface area contributed by atoms with E-state index in [2.05, 4.69) is 5.32 Å². The van der Waals surface area contributed by atoms with Gasteiger partial charge in [0.1, 0.15) is 5.75 Å². The quantitative estimate of drug-likeness (QED) is 0.545. The highest BCUT2D eigenvalue weighted by Crippen LogP contribution is 2.21. The van der Waals surface area contributed by atoms with Crippen LogP contribution in [0, 0.1) is 0 Å². The molecule has 0 radical (unpaired) electrons. The number of sulfone groups is 1. The third-order valence-corrected chi connectivity index (χ3v) is 7.14. The summed E-state index contributed by atoms with van der Waals surface area (Å²) in [5.74, 6) is 0.0623. The highest BCUT2D eigenvalue weighted by Gasteiger charge is 2.34. The first-order valence-electron chi connectivity index (χ1n) is 10.5. The van der Waals surface area contributed by atoms with E-state index in [-0.39, 0.29) is 41.7 Å². The highest BCUT2D eigenvalue weighted by atomic mass is 32.2. The minimum Gasteiger partial charge on any atom is -0.484 e. The summed E-state index contributed by atoms with van der Waals surface area (Å²) in [6, 6.07) is 18.9. The van der Waals surface area contributed by atoms with Gasteiger partial charge in [-0.25, -0.2) is 8.42 Å². The number of amides is 2. The summed E-state index contributed by atoms with van der Waals surface area (Å²) in [4.78, 5) is 26.6. The maximum absolute atomic E-state index is 13.0. The monoisotopic (exact) mass is 468 g/mol. The molecule has 1 saturated heterocycles. The minimum absolute atomic E-state index is 0.0321. The fraction of sp³-hybridized carbons (Fsp3) is 0.250. The Kier molecular flexibility index (Phi) is 6.79. The van der Waals surface area contributed by atoms with Gasteiger partial charge in [0.15, 0.2) is 22.2 Å². The molecule has 3 aromatic rings. The Balaban J connectivity index is 1.38. The van der Waals surface area contributed by atoms with Crippen LogP contribution in [0.2, 0.25) is 0 Å². The molecule has 172 valence electrons. The molecule has 0 saturated carbocycles. The first-order chi connectivity index (χ1) is 15.9. The van der Waals surface area contributed by atoms with Crippen LogP contribution in [0.3, 0.4) is 0 Å². The number of nitrogens with one attached hydrogen (secondary N) is 1. The lowest BCUT2D eigenvalue weighted by Crippen LogP contribution is -2.43. The van der Waals surface area contributed by atoms with Gasteiger partial charge in [-0.15, -0.1) is 0 Å². The molecule has 1 atom stereocenters. The maximum atomic E-state index is 13.0. The van der Waals surface area contributed by atoms with Crippen molar-refractivity contribution in [1.29, 1.82) is 0 Å². The van der Waals surface area contributed by atoms with Gasteiger partial charge >= 0.3 is 0 Å². The van der Waals surface area contributed by atoms with Crippen LogP contribution in [0.1, 0.15) is 22.5 Å². The number of hydrogen-bond donors (Lipinski definition) is 1. The zero-order chi connectivity index (χ0) is 23.3. The molecule has 1 N–H and O–H groups in total. The standard InChI is InChI=1S/C24H24N2O6S/c27-23(26(15-18-5-2-1-3-6-18)20-12-14-33(29,30)17-20)16-32-21-10-8-19(9-11-21)25-24(28)22-7-4-13-31-22/h1-11,13,20H,12,14-17H2,(H,25,28)/t20-/m0/s1. The molecule has 0 spiro atoms. The molecule has 1 aromatic heterocycles. The molecule has 0 aliphatic carbocycles. The van der Waals surface area contributed by atoms with Crippen molar-refractivity contribution in [2.75, 3.05) is 23.4 Å². The molecular weight excluding hydrogens is 444 g/mol. The molecule has 2 amide bonds. The molecule has 1 aliphatic rings. The van der Waals surface area contributed by atoms with E-state index >= 15 is 0 Å². The summed E-state index contributed by atoms with van der Waals surface area (Å²) in [6.45, 7) is 0.0997. The van der Waals surface area contributed by atoms with Crippen molar-refractivity contribution in [2.24, 2.45) is 0 Å². The van der Waals surface area contributed by atoms with Gasteiger partial charge in [-0.2, -0.15) is 0 Å². The van der Waals surface area contributed by atoms with E-state index in [1.165, 1.54) is 6.26 Å². The summed E-state index contributed by atoms with van der Waals surface area (Å²) in [7, 11) is -3.14. The van der Waals surface area contributed by atoms with E-state index < -0.39 is 9.84 Å². The zero-order valence-corrected chi connectivity index (χ0v) is 18.7. The fourth-order valence-corrected chi connectivity index (χ4v) is 5.42. The van der Waals surface area contributed by atoms with E-state index in [1.807, 2.05) is 30.3 Å². The van der Waals surface area contributed by atoms with Crippen LogP contribution in [0.25, 0.3) is 0 Å². The second-order valence-corrected chi connectivity index (χ2v) is 10.0. The van der Waals surface area contributed by atoms with Gasteiger partial charge in [0.2, 0.25) is 0 Å². The Labute approximate surface area is 192 Å². The molecule has 0 unspecified atom stereocenters. The molecular formula is C24H24N2O6S. The van der Waals surface area contributed by atoms with Crippen molar-refractivity contribution >= 4 is 27.3 Å². The minimum atomic E-state index is -3.14. The lowest BCUT2D eigenvalue weighted by Gasteiger charge is -2.28. The van der Waals surface area contributed by atoms with Gasteiger partial charge in [0.05, 0.1) is 17.8 Å². The molecule has 2 aromatic carbocycles. The van der Waals surface area contributed by atoms with Crippen LogP contribution in [0.15, 0.2) is 77.4 Å². The van der Waals surface area contributed by atoms with Crippen molar-refractivity contribution in [3.8, 4) is 5.75 Å². The van der Waals surface area contributed by atoms with Gasteiger partial charge in [0, 0.05) is 18.3 Å². The number of carbonyl (C=O) groups is 2. The summed E-state index contributed by atoms with van der Waals surface area (Å²) < 4.78 is 34.7. The van der Waals surface area contributed by atoms with E-state index in [0.29, 0.717) is 24.4 Å². The smallest absolute Gasteiger partial charge is 0.291 e. The van der Waals surface area contributed by atoms with E-state index in [1.54, 1.807) is 41.3 Å². The molecule has 9 heteroatoms. The number of benzene rings is 2. The molecule has 2 heterocycles. The van der Waals surface area contributed by atoms with Crippen LogP contribution >= 0.6 is 0 Å². The Morgan fingerprint density at radius 1 is 1.03 bits per heavy atom. The van der Waals surface area contributed by atoms with E-state index in [9.17, 15) is 18.0 Å². The third kappa shape index (κ3) is 6.01. The predicted octanol–water partition coefficient (Wildman–Crippen LogP) is 3.13. The molecule has 8 nitrogen and oxygen atoms in total. The predicted molar refractivity (Wildman–Crippen MR) is 123 cm³/mol. The number of anilines is 1. The zero-order valence-electron chi connectivity index (χ0n) is 17.8. The summed E-state index contributed by atoms with van der Waals surface area (Å²) in [5, 5.41) is 2.71. The highest BCUT2D eigenvalue weighted by molar-refractivity contribution is 7.91. The number of ether oxygens (including phenoxy) is 1. The van der Waals surface area contributed by atoms with Crippen LogP contribution < -0.4 is 10.1 Å². The first kappa shape index (κ1) is 22.6. The van der Waals surface area contributed by atoms with Crippen LogP contribution in [0.5, 0.6) is 5.75 Å². The van der Waals surface area contributed by atoms with Crippen molar-refractivity contribution in [3.05, 3.63) is 84.3 Å². The normalized spacial score (nSPS) is 16.8. The van der Waals surface area contributed by atoms with Crippen molar-refractivity contribution in [2.45, 2.75) is 19.0 Å². The van der Waals surface area contributed by atoms with Gasteiger partial charge in [-0.05, 0) is 48.4 Å². The Hall–Kier alpha value is -3.59. The SMILES string of the molecule is O=C(Nc1ccc(OCC(=O)N(Cc2ccccc2)[C@H]2CCS(=O)(=O)C2)cc1)c1ccco1. The maximum Gasteiger partial charge on any atom is 0.291 e. The Morgan fingerprint density at radius 2 is 1.79 bits per heavy atom. The van der Waals surface area contributed by atoms with E-state index in [4.69, 9.17) is 9.15 Å². The summed E-state index contributed by atoms with van der Waals surface area (Å²) in [5.41, 5.74) is 1.48. The Bertz CT molecular complexity index is 1190.